The minimum absolute atomic E-state index is 0.0109. The lowest BCUT2D eigenvalue weighted by Crippen LogP contribution is -2.57. The number of ether oxygens (including phenoxy) is 1. The Morgan fingerprint density at radius 3 is 2.66 bits per heavy atom. The monoisotopic (exact) mass is 515 g/mol. The van der Waals surface area contributed by atoms with E-state index in [0.717, 1.165) is 41.4 Å². The third-order valence-electron chi connectivity index (χ3n) is 8.18. The Bertz CT molecular complexity index is 1340. The lowest BCUT2D eigenvalue weighted by Gasteiger charge is -2.42. The molecule has 6 rings (SSSR count). The second kappa shape index (κ2) is 10.3. The maximum absolute atomic E-state index is 13.7. The number of hydrogen-bond acceptors (Lipinski definition) is 5. The third-order valence-corrected chi connectivity index (χ3v) is 8.18. The number of aromatic amines is 1. The van der Waals surface area contributed by atoms with Gasteiger partial charge in [0.05, 0.1) is 18.6 Å². The summed E-state index contributed by atoms with van der Waals surface area (Å²) >= 11 is 0. The van der Waals surface area contributed by atoms with E-state index in [1.54, 1.807) is 11.0 Å². The molecule has 0 radical (unpaired) electrons. The molecule has 38 heavy (non-hydrogen) atoms. The van der Waals surface area contributed by atoms with E-state index >= 15 is 0 Å². The Hall–Kier alpha value is -3.62. The topological polar surface area (TPSA) is 115 Å². The number of aromatic nitrogens is 1. The average Bonchev–Trinajstić information content (AvgIpc) is 3.49. The second-order valence-electron chi connectivity index (χ2n) is 10.5. The van der Waals surface area contributed by atoms with Crippen LogP contribution in [0.2, 0.25) is 0 Å². The maximum atomic E-state index is 13.7. The zero-order chi connectivity index (χ0) is 26.2. The van der Waals surface area contributed by atoms with E-state index in [4.69, 9.17) is 4.74 Å². The summed E-state index contributed by atoms with van der Waals surface area (Å²) in [5, 5.41) is 24.8. The zero-order valence-corrected chi connectivity index (χ0v) is 21.2. The number of nitrogens with zero attached hydrogens (tertiary/aromatic N) is 1. The van der Waals surface area contributed by atoms with E-state index in [2.05, 4.69) is 16.4 Å². The molecule has 8 nitrogen and oxygen atoms in total. The first-order chi connectivity index (χ1) is 18.5. The number of H-pyrrole nitrogens is 1. The van der Waals surface area contributed by atoms with E-state index in [0.29, 0.717) is 24.3 Å². The fourth-order valence-corrected chi connectivity index (χ4v) is 6.00. The number of hydrogen-bond donors (Lipinski definition) is 4. The molecule has 2 amide bonds. The molecule has 1 aliphatic heterocycles. The van der Waals surface area contributed by atoms with Crippen LogP contribution in [0.1, 0.15) is 36.4 Å². The van der Waals surface area contributed by atoms with Gasteiger partial charge in [0.2, 0.25) is 11.8 Å². The van der Waals surface area contributed by atoms with Gasteiger partial charge in [-0.05, 0) is 42.5 Å². The van der Waals surface area contributed by atoms with Crippen molar-refractivity contribution in [2.75, 3.05) is 19.7 Å². The van der Waals surface area contributed by atoms with Gasteiger partial charge in [0.15, 0.2) is 0 Å². The number of aliphatic hydroxyl groups is 2. The Kier molecular flexibility index (Phi) is 6.68. The summed E-state index contributed by atoms with van der Waals surface area (Å²) in [5.41, 5.74) is 3.35. The molecule has 3 aliphatic rings. The van der Waals surface area contributed by atoms with Crippen molar-refractivity contribution in [2.45, 2.75) is 49.9 Å². The summed E-state index contributed by atoms with van der Waals surface area (Å²) in [5.74, 6) is -0.192. The van der Waals surface area contributed by atoms with Gasteiger partial charge < -0.3 is 30.2 Å². The molecule has 1 fully saturated rings. The van der Waals surface area contributed by atoms with Crippen LogP contribution in [0.4, 0.5) is 0 Å². The highest BCUT2D eigenvalue weighted by molar-refractivity contribution is 5.96. The van der Waals surface area contributed by atoms with E-state index in [-0.39, 0.29) is 30.9 Å². The van der Waals surface area contributed by atoms with Gasteiger partial charge in [0, 0.05) is 47.8 Å². The van der Waals surface area contributed by atoms with Crippen LogP contribution in [0, 0.1) is 5.92 Å². The molecule has 4 atom stereocenters. The number of amides is 2. The van der Waals surface area contributed by atoms with Gasteiger partial charge >= 0.3 is 0 Å². The number of fused-ring (bicyclic) bond motifs is 4. The maximum Gasteiger partial charge on any atom is 0.247 e. The van der Waals surface area contributed by atoms with Crippen LogP contribution in [0.5, 0.6) is 5.75 Å². The normalized spacial score (nSPS) is 24.1. The SMILES string of the molecule is O=C(NCCO)C1=C[C@@H](N(CCc2cc3ccccc3[nH]2)C(=O)C2CCC2)[C@H](O)[C@H]2Oc3ccccc3[C@@H]12. The van der Waals surface area contributed by atoms with Crippen LogP contribution in [0.15, 0.2) is 66.2 Å². The van der Waals surface area contributed by atoms with E-state index < -0.39 is 24.2 Å². The fourth-order valence-electron chi connectivity index (χ4n) is 6.00. The van der Waals surface area contributed by atoms with Crippen LogP contribution in [-0.4, -0.2) is 69.9 Å². The van der Waals surface area contributed by atoms with Crippen molar-refractivity contribution in [2.24, 2.45) is 5.92 Å². The predicted molar refractivity (Wildman–Crippen MR) is 143 cm³/mol. The molecule has 0 unspecified atom stereocenters. The Balaban J connectivity index is 1.34. The first-order valence-electron chi connectivity index (χ1n) is 13.5. The highest BCUT2D eigenvalue weighted by Crippen LogP contribution is 2.47. The number of nitrogens with one attached hydrogen (secondary N) is 2. The standard InChI is InChI=1S/C30H33N3O5/c34-15-13-31-29(36)22-17-24(27(35)28-26(22)21-9-2-4-11-25(21)38-28)33(30(37)18-7-5-8-18)14-12-20-16-19-6-1-3-10-23(19)32-20/h1-4,6,9-11,16-18,24,26-28,32,34-35H,5,7-8,12-15H2,(H,31,36)/t24-,26+,27+,28+/m1/s1. The third kappa shape index (κ3) is 4.37. The van der Waals surface area contributed by atoms with Crippen molar-refractivity contribution >= 4 is 22.7 Å². The van der Waals surface area contributed by atoms with Crippen molar-refractivity contribution in [3.63, 3.8) is 0 Å². The number of para-hydroxylation sites is 2. The van der Waals surface area contributed by atoms with Gasteiger partial charge in [-0.3, -0.25) is 9.59 Å². The highest BCUT2D eigenvalue weighted by atomic mass is 16.5. The fraction of sp³-hybridized carbons (Fsp3) is 0.400. The molecular weight excluding hydrogens is 482 g/mol. The van der Waals surface area contributed by atoms with Crippen LogP contribution in [0.25, 0.3) is 10.9 Å². The zero-order valence-electron chi connectivity index (χ0n) is 21.2. The summed E-state index contributed by atoms with van der Waals surface area (Å²) in [7, 11) is 0. The number of carbonyl (C=O) groups is 2. The molecule has 2 aromatic carbocycles. The molecule has 1 aromatic heterocycles. The molecule has 198 valence electrons. The molecule has 0 saturated heterocycles. The first kappa shape index (κ1) is 24.7. The van der Waals surface area contributed by atoms with Crippen molar-refractivity contribution < 1.29 is 24.5 Å². The smallest absolute Gasteiger partial charge is 0.247 e. The Labute approximate surface area is 221 Å². The second-order valence-corrected chi connectivity index (χ2v) is 10.5. The van der Waals surface area contributed by atoms with Gasteiger partial charge in [-0.15, -0.1) is 0 Å². The number of rotatable bonds is 8. The molecule has 2 aliphatic carbocycles. The van der Waals surface area contributed by atoms with Gasteiger partial charge in [-0.25, -0.2) is 0 Å². The first-order valence-corrected chi connectivity index (χ1v) is 13.5. The molecule has 3 aromatic rings. The van der Waals surface area contributed by atoms with Crippen LogP contribution >= 0.6 is 0 Å². The van der Waals surface area contributed by atoms with Gasteiger partial charge in [0.1, 0.15) is 18.0 Å². The van der Waals surface area contributed by atoms with Crippen LogP contribution in [0.3, 0.4) is 0 Å². The lowest BCUT2D eigenvalue weighted by molar-refractivity contribution is -0.144. The number of benzene rings is 2. The van der Waals surface area contributed by atoms with Crippen molar-refractivity contribution in [3.8, 4) is 5.75 Å². The van der Waals surface area contributed by atoms with Crippen molar-refractivity contribution in [1.29, 1.82) is 0 Å². The molecule has 2 heterocycles. The van der Waals surface area contributed by atoms with E-state index in [1.165, 1.54) is 0 Å². The van der Waals surface area contributed by atoms with Crippen molar-refractivity contribution in [3.05, 3.63) is 77.5 Å². The summed E-state index contributed by atoms with van der Waals surface area (Å²) in [4.78, 5) is 32.2. The molecule has 1 saturated carbocycles. The minimum Gasteiger partial charge on any atom is -0.486 e. The van der Waals surface area contributed by atoms with Gasteiger partial charge in [0.25, 0.3) is 0 Å². The predicted octanol–water partition coefficient (Wildman–Crippen LogP) is 2.66. The van der Waals surface area contributed by atoms with E-state index in [1.807, 2.05) is 48.5 Å². The molecule has 4 N–H and O–H groups in total. The van der Waals surface area contributed by atoms with Gasteiger partial charge in [-0.2, -0.15) is 0 Å². The summed E-state index contributed by atoms with van der Waals surface area (Å²) < 4.78 is 6.21. The van der Waals surface area contributed by atoms with Gasteiger partial charge in [-0.1, -0.05) is 42.8 Å². The summed E-state index contributed by atoms with van der Waals surface area (Å²) in [6.45, 7) is 0.341. The summed E-state index contributed by atoms with van der Waals surface area (Å²) in [6.07, 6.45) is 3.35. The Morgan fingerprint density at radius 1 is 1.11 bits per heavy atom. The largest absolute Gasteiger partial charge is 0.486 e. The lowest BCUT2D eigenvalue weighted by atomic mass is 9.76. The van der Waals surface area contributed by atoms with E-state index in [9.17, 15) is 19.8 Å². The molecular formula is C30H33N3O5. The van der Waals surface area contributed by atoms with Crippen molar-refractivity contribution in [1.82, 2.24) is 15.2 Å². The quantitative estimate of drug-likeness (QED) is 0.368. The van der Waals surface area contributed by atoms with Crippen LogP contribution < -0.4 is 10.1 Å². The molecule has 0 bridgehead atoms. The molecule has 8 heteroatoms. The average molecular weight is 516 g/mol. The minimum atomic E-state index is -1.01. The summed E-state index contributed by atoms with van der Waals surface area (Å²) in [6, 6.07) is 16.9. The number of aliphatic hydroxyl groups excluding tert-OH is 2. The van der Waals surface area contributed by atoms with Crippen LogP contribution in [-0.2, 0) is 16.0 Å². The highest BCUT2D eigenvalue weighted by Gasteiger charge is 2.50. The Morgan fingerprint density at radius 2 is 1.89 bits per heavy atom. The number of carbonyl (C=O) groups excluding carboxylic acids is 2. The molecule has 0 spiro atoms.